The van der Waals surface area contributed by atoms with Gasteiger partial charge in [-0.1, -0.05) is 6.07 Å². The minimum Gasteiger partial charge on any atom is -0.486 e. The summed E-state index contributed by atoms with van der Waals surface area (Å²) >= 11 is 0. The zero-order valence-corrected chi connectivity index (χ0v) is 15.1. The number of aromatic nitrogens is 2. The Morgan fingerprint density at radius 1 is 1.19 bits per heavy atom. The Kier molecular flexibility index (Phi) is 4.95. The molecule has 1 amide bonds. The summed E-state index contributed by atoms with van der Waals surface area (Å²) in [5.74, 6) is 1.61. The van der Waals surface area contributed by atoms with E-state index in [1.807, 2.05) is 17.0 Å². The molecule has 8 heteroatoms. The molecule has 3 heterocycles. The molecule has 1 aromatic heterocycles. The number of nitrogens with zero attached hydrogens (tertiary/aromatic N) is 3. The third-order valence-corrected chi connectivity index (χ3v) is 4.60. The minimum atomic E-state index is -0.0421. The summed E-state index contributed by atoms with van der Waals surface area (Å²) in [6, 6.07) is 7.40. The van der Waals surface area contributed by atoms with Gasteiger partial charge in [-0.3, -0.25) is 4.79 Å². The molecule has 0 bridgehead atoms. The van der Waals surface area contributed by atoms with E-state index >= 15 is 0 Å². The molecule has 1 saturated heterocycles. The van der Waals surface area contributed by atoms with Crippen molar-refractivity contribution in [2.24, 2.45) is 0 Å². The third kappa shape index (κ3) is 3.74. The fourth-order valence-corrected chi connectivity index (χ4v) is 3.25. The summed E-state index contributed by atoms with van der Waals surface area (Å²) < 4.78 is 22.1. The maximum Gasteiger partial charge on any atom is 0.319 e. The van der Waals surface area contributed by atoms with Gasteiger partial charge in [0.1, 0.15) is 19.3 Å². The van der Waals surface area contributed by atoms with Crippen molar-refractivity contribution in [1.82, 2.24) is 14.9 Å². The average Bonchev–Trinajstić information content (AvgIpc) is 2.73. The molecular weight excluding hydrogens is 350 g/mol. The van der Waals surface area contributed by atoms with E-state index in [4.69, 9.17) is 18.9 Å². The Morgan fingerprint density at radius 2 is 2.00 bits per heavy atom. The van der Waals surface area contributed by atoms with Gasteiger partial charge < -0.3 is 23.8 Å². The second-order valence-electron chi connectivity index (χ2n) is 6.32. The molecule has 0 N–H and O–H groups in total. The third-order valence-electron chi connectivity index (χ3n) is 4.60. The lowest BCUT2D eigenvalue weighted by Gasteiger charge is -2.32. The lowest BCUT2D eigenvalue weighted by atomic mass is 10.1. The second kappa shape index (κ2) is 7.69. The first-order valence-corrected chi connectivity index (χ1v) is 8.96. The molecule has 2 aliphatic heterocycles. The topological polar surface area (TPSA) is 83.0 Å². The van der Waals surface area contributed by atoms with E-state index in [1.165, 1.54) is 7.11 Å². The number of carbonyl (C=O) groups is 1. The van der Waals surface area contributed by atoms with Crippen LogP contribution in [0.15, 0.2) is 30.5 Å². The summed E-state index contributed by atoms with van der Waals surface area (Å²) in [5, 5.41) is 0. The van der Waals surface area contributed by atoms with Crippen molar-refractivity contribution in [3.8, 4) is 23.4 Å². The van der Waals surface area contributed by atoms with Crippen LogP contribution in [0.1, 0.15) is 23.2 Å². The van der Waals surface area contributed by atoms with Gasteiger partial charge in [0.2, 0.25) is 5.88 Å². The molecule has 0 radical (unpaired) electrons. The lowest BCUT2D eigenvalue weighted by molar-refractivity contribution is 0.0578. The van der Waals surface area contributed by atoms with Crippen molar-refractivity contribution in [2.75, 3.05) is 33.4 Å². The van der Waals surface area contributed by atoms with E-state index in [9.17, 15) is 4.79 Å². The largest absolute Gasteiger partial charge is 0.486 e. The summed E-state index contributed by atoms with van der Waals surface area (Å²) in [4.78, 5) is 22.9. The van der Waals surface area contributed by atoms with Crippen LogP contribution in [0.4, 0.5) is 0 Å². The van der Waals surface area contributed by atoms with Crippen LogP contribution in [-0.4, -0.2) is 60.3 Å². The van der Waals surface area contributed by atoms with Crippen molar-refractivity contribution in [3.63, 3.8) is 0 Å². The lowest BCUT2D eigenvalue weighted by Crippen LogP contribution is -2.42. The Morgan fingerprint density at radius 3 is 2.81 bits per heavy atom. The molecule has 2 aromatic rings. The molecule has 0 unspecified atom stereocenters. The number of para-hydroxylation sites is 1. The minimum absolute atomic E-state index is 0.00192. The van der Waals surface area contributed by atoms with Crippen LogP contribution < -0.4 is 18.9 Å². The van der Waals surface area contributed by atoms with E-state index in [0.29, 0.717) is 49.2 Å². The highest BCUT2D eigenvalue weighted by Crippen LogP contribution is 2.34. The number of amides is 1. The van der Waals surface area contributed by atoms with Crippen LogP contribution in [-0.2, 0) is 0 Å². The SMILES string of the molecule is COc1nccc(OC2CCN(C(=O)c3cccc4c3OCCO4)CC2)n1. The quantitative estimate of drug-likeness (QED) is 0.812. The van der Waals surface area contributed by atoms with Gasteiger partial charge in [-0.15, -0.1) is 0 Å². The van der Waals surface area contributed by atoms with Crippen molar-refractivity contribution < 1.29 is 23.7 Å². The van der Waals surface area contributed by atoms with E-state index in [1.54, 1.807) is 18.3 Å². The first-order chi connectivity index (χ1) is 13.2. The highest BCUT2D eigenvalue weighted by atomic mass is 16.6. The van der Waals surface area contributed by atoms with Crippen molar-refractivity contribution in [3.05, 3.63) is 36.0 Å². The van der Waals surface area contributed by atoms with Crippen LogP contribution in [0.2, 0.25) is 0 Å². The average molecular weight is 371 g/mol. The zero-order chi connectivity index (χ0) is 18.6. The van der Waals surface area contributed by atoms with Crippen LogP contribution >= 0.6 is 0 Å². The van der Waals surface area contributed by atoms with E-state index in [2.05, 4.69) is 9.97 Å². The Labute approximate surface area is 157 Å². The number of hydrogen-bond donors (Lipinski definition) is 0. The van der Waals surface area contributed by atoms with Gasteiger partial charge in [0, 0.05) is 38.2 Å². The number of hydrogen-bond acceptors (Lipinski definition) is 7. The van der Waals surface area contributed by atoms with Crippen molar-refractivity contribution in [1.29, 1.82) is 0 Å². The predicted molar refractivity (Wildman–Crippen MR) is 95.6 cm³/mol. The Hall–Kier alpha value is -3.03. The molecule has 27 heavy (non-hydrogen) atoms. The van der Waals surface area contributed by atoms with Gasteiger partial charge in [0.05, 0.1) is 12.7 Å². The zero-order valence-electron chi connectivity index (χ0n) is 15.1. The Bertz CT molecular complexity index is 821. The molecule has 1 fully saturated rings. The number of fused-ring (bicyclic) bond motifs is 1. The van der Waals surface area contributed by atoms with Crippen LogP contribution in [0, 0.1) is 0 Å². The van der Waals surface area contributed by atoms with Crippen molar-refractivity contribution in [2.45, 2.75) is 18.9 Å². The molecule has 0 atom stereocenters. The molecule has 4 rings (SSSR count). The van der Waals surface area contributed by atoms with Crippen LogP contribution in [0.25, 0.3) is 0 Å². The number of benzene rings is 1. The molecule has 0 aliphatic carbocycles. The summed E-state index contributed by atoms with van der Waals surface area (Å²) in [7, 11) is 1.51. The number of ether oxygens (including phenoxy) is 4. The summed E-state index contributed by atoms with van der Waals surface area (Å²) in [5.41, 5.74) is 0.548. The molecule has 0 saturated carbocycles. The Balaban J connectivity index is 1.38. The fraction of sp³-hybridized carbons (Fsp3) is 0.421. The molecular formula is C19H21N3O5. The van der Waals surface area contributed by atoms with Crippen LogP contribution in [0.3, 0.4) is 0 Å². The van der Waals surface area contributed by atoms with Gasteiger partial charge in [-0.2, -0.15) is 4.98 Å². The molecule has 2 aliphatic rings. The first kappa shape index (κ1) is 17.4. The molecule has 0 spiro atoms. The second-order valence-corrected chi connectivity index (χ2v) is 6.32. The fourth-order valence-electron chi connectivity index (χ4n) is 3.25. The number of rotatable bonds is 4. The van der Waals surface area contributed by atoms with Gasteiger partial charge in [0.25, 0.3) is 5.91 Å². The maximum absolute atomic E-state index is 12.9. The normalized spacial score (nSPS) is 16.7. The maximum atomic E-state index is 12.9. The number of likely N-dealkylation sites (tertiary alicyclic amines) is 1. The van der Waals surface area contributed by atoms with Crippen LogP contribution in [0.5, 0.6) is 23.4 Å². The summed E-state index contributed by atoms with van der Waals surface area (Å²) in [6.45, 7) is 2.17. The molecule has 1 aromatic carbocycles. The molecule has 8 nitrogen and oxygen atoms in total. The number of carbonyl (C=O) groups excluding carboxylic acids is 1. The highest BCUT2D eigenvalue weighted by molar-refractivity contribution is 5.98. The van der Waals surface area contributed by atoms with E-state index in [-0.39, 0.29) is 18.0 Å². The number of methoxy groups -OCH3 is 1. The van der Waals surface area contributed by atoms with E-state index in [0.717, 1.165) is 12.8 Å². The summed E-state index contributed by atoms with van der Waals surface area (Å²) in [6.07, 6.45) is 3.05. The highest BCUT2D eigenvalue weighted by Gasteiger charge is 2.28. The smallest absolute Gasteiger partial charge is 0.319 e. The van der Waals surface area contributed by atoms with Gasteiger partial charge in [-0.05, 0) is 12.1 Å². The first-order valence-electron chi connectivity index (χ1n) is 8.96. The van der Waals surface area contributed by atoms with E-state index < -0.39 is 0 Å². The molecule has 142 valence electrons. The van der Waals surface area contributed by atoms with Gasteiger partial charge in [0.15, 0.2) is 11.5 Å². The van der Waals surface area contributed by atoms with Crippen molar-refractivity contribution >= 4 is 5.91 Å². The van der Waals surface area contributed by atoms with Gasteiger partial charge >= 0.3 is 6.01 Å². The predicted octanol–water partition coefficient (Wildman–Crippen LogP) is 1.94. The monoisotopic (exact) mass is 371 g/mol. The number of piperidine rings is 1. The van der Waals surface area contributed by atoms with Gasteiger partial charge in [-0.25, -0.2) is 4.98 Å². The standard InChI is InChI=1S/C19H21N3O5/c1-24-19-20-8-5-16(21-19)27-13-6-9-22(10-7-13)18(23)14-3-2-4-15-17(14)26-12-11-25-15/h2-5,8,13H,6-7,9-12H2,1H3.